The van der Waals surface area contributed by atoms with Crippen LogP contribution in [0.15, 0.2) is 0 Å². The van der Waals surface area contributed by atoms with Gasteiger partial charge >= 0.3 is 0 Å². The fraction of sp³-hybridized carbons (Fsp3) is 0.933. The van der Waals surface area contributed by atoms with E-state index in [2.05, 4.69) is 6.92 Å². The lowest BCUT2D eigenvalue weighted by atomic mass is 9.83. The zero-order chi connectivity index (χ0) is 14.8. The van der Waals surface area contributed by atoms with Crippen molar-refractivity contribution in [2.45, 2.75) is 57.8 Å². The number of rotatable bonds is 4. The molecule has 1 unspecified atom stereocenters. The first-order chi connectivity index (χ1) is 9.41. The predicted molar refractivity (Wildman–Crippen MR) is 72.5 cm³/mol. The highest BCUT2D eigenvalue weighted by Gasteiger charge is 2.43. The molecule has 1 amide bonds. The summed E-state index contributed by atoms with van der Waals surface area (Å²) >= 11 is 0. The third-order valence-corrected chi connectivity index (χ3v) is 4.93. The van der Waals surface area contributed by atoms with Gasteiger partial charge in [-0.15, -0.1) is 0 Å². The van der Waals surface area contributed by atoms with E-state index in [1.165, 1.54) is 0 Å². The Morgan fingerprint density at radius 3 is 2.50 bits per heavy atom. The molecular formula is C15H25F2NO2. The van der Waals surface area contributed by atoms with Gasteiger partial charge in [0.2, 0.25) is 11.8 Å². The van der Waals surface area contributed by atoms with Gasteiger partial charge < -0.3 is 10.0 Å². The summed E-state index contributed by atoms with van der Waals surface area (Å²) in [6.45, 7) is 3.42. The van der Waals surface area contributed by atoms with Crippen LogP contribution in [-0.2, 0) is 4.79 Å². The maximum absolute atomic E-state index is 13.1. The molecule has 0 bridgehead atoms. The second-order valence-corrected chi connectivity index (χ2v) is 6.55. The third-order valence-electron chi connectivity index (χ3n) is 4.93. The average molecular weight is 289 g/mol. The predicted octanol–water partition coefficient (Wildman–Crippen LogP) is 2.82. The number of aliphatic hydroxyl groups excluding tert-OH is 1. The minimum Gasteiger partial charge on any atom is -0.396 e. The number of carbonyl (C=O) groups excluding carboxylic acids is 1. The van der Waals surface area contributed by atoms with Crippen LogP contribution >= 0.6 is 0 Å². The standard InChI is InChI=1S/C15H25F2NO2/c1-2-5-14(11-19)8-9-18(10-14)13(20)12-3-6-15(16,17)7-4-12/h12,19H,2-11H2,1H3. The second kappa shape index (κ2) is 5.96. The van der Waals surface area contributed by atoms with Crippen molar-refractivity contribution in [3.63, 3.8) is 0 Å². The molecule has 0 spiro atoms. The number of aliphatic hydroxyl groups is 1. The van der Waals surface area contributed by atoms with Crippen LogP contribution in [0.25, 0.3) is 0 Å². The molecular weight excluding hydrogens is 264 g/mol. The number of amides is 1. The van der Waals surface area contributed by atoms with Gasteiger partial charge in [0.1, 0.15) is 0 Å². The molecule has 1 heterocycles. The van der Waals surface area contributed by atoms with E-state index in [-0.39, 0.29) is 36.7 Å². The fourth-order valence-corrected chi connectivity index (χ4v) is 3.61. The van der Waals surface area contributed by atoms with E-state index in [0.717, 1.165) is 19.3 Å². The van der Waals surface area contributed by atoms with Gasteiger partial charge in [-0.1, -0.05) is 13.3 Å². The normalized spacial score (nSPS) is 30.7. The summed E-state index contributed by atoms with van der Waals surface area (Å²) in [4.78, 5) is 14.2. The first-order valence-corrected chi connectivity index (χ1v) is 7.69. The van der Waals surface area contributed by atoms with Crippen molar-refractivity contribution in [1.82, 2.24) is 4.90 Å². The Bertz CT molecular complexity index is 352. The minimum atomic E-state index is -2.58. The van der Waals surface area contributed by atoms with E-state index >= 15 is 0 Å². The molecule has 3 nitrogen and oxygen atoms in total. The molecule has 0 aromatic heterocycles. The summed E-state index contributed by atoms with van der Waals surface area (Å²) < 4.78 is 26.3. The number of halogens is 2. The van der Waals surface area contributed by atoms with Crippen molar-refractivity contribution < 1.29 is 18.7 Å². The van der Waals surface area contributed by atoms with E-state index in [0.29, 0.717) is 25.9 Å². The lowest BCUT2D eigenvalue weighted by Gasteiger charge is -2.31. The maximum atomic E-state index is 13.1. The van der Waals surface area contributed by atoms with Gasteiger partial charge in [-0.05, 0) is 25.7 Å². The summed E-state index contributed by atoms with van der Waals surface area (Å²) in [6.07, 6.45) is 2.97. The molecule has 0 aromatic carbocycles. The van der Waals surface area contributed by atoms with Crippen LogP contribution in [0.5, 0.6) is 0 Å². The third kappa shape index (κ3) is 3.30. The number of hydrogen-bond donors (Lipinski definition) is 1. The number of nitrogens with zero attached hydrogens (tertiary/aromatic N) is 1. The number of likely N-dealkylation sites (tertiary alicyclic amines) is 1. The molecule has 2 fully saturated rings. The second-order valence-electron chi connectivity index (χ2n) is 6.55. The highest BCUT2D eigenvalue weighted by molar-refractivity contribution is 5.79. The number of alkyl halides is 2. The van der Waals surface area contributed by atoms with Gasteiger partial charge in [0, 0.05) is 37.3 Å². The van der Waals surface area contributed by atoms with E-state index in [1.807, 2.05) is 0 Å². The Balaban J connectivity index is 1.91. The monoisotopic (exact) mass is 289 g/mol. The van der Waals surface area contributed by atoms with Crippen LogP contribution in [0.3, 0.4) is 0 Å². The summed E-state index contributed by atoms with van der Waals surface area (Å²) in [5.74, 6) is -2.81. The van der Waals surface area contributed by atoms with Crippen molar-refractivity contribution in [3.8, 4) is 0 Å². The molecule has 1 atom stereocenters. The Morgan fingerprint density at radius 1 is 1.30 bits per heavy atom. The van der Waals surface area contributed by atoms with Crippen LogP contribution in [0.1, 0.15) is 51.9 Å². The number of carbonyl (C=O) groups is 1. The minimum absolute atomic E-state index is 0.0203. The summed E-state index contributed by atoms with van der Waals surface area (Å²) in [5.41, 5.74) is -0.164. The van der Waals surface area contributed by atoms with E-state index < -0.39 is 5.92 Å². The van der Waals surface area contributed by atoms with Crippen LogP contribution in [-0.4, -0.2) is 41.5 Å². The molecule has 2 rings (SSSR count). The molecule has 1 N–H and O–H groups in total. The Hall–Kier alpha value is -0.710. The van der Waals surface area contributed by atoms with Gasteiger partial charge in [-0.3, -0.25) is 4.79 Å². The van der Waals surface area contributed by atoms with Crippen molar-refractivity contribution >= 4 is 5.91 Å². The van der Waals surface area contributed by atoms with E-state index in [1.54, 1.807) is 4.90 Å². The highest BCUT2D eigenvalue weighted by Crippen LogP contribution is 2.39. The molecule has 1 saturated heterocycles. The quantitative estimate of drug-likeness (QED) is 0.864. The fourth-order valence-electron chi connectivity index (χ4n) is 3.61. The van der Waals surface area contributed by atoms with Gasteiger partial charge in [0.25, 0.3) is 0 Å². The maximum Gasteiger partial charge on any atom is 0.248 e. The smallest absolute Gasteiger partial charge is 0.248 e. The Labute approximate surface area is 119 Å². The van der Waals surface area contributed by atoms with E-state index in [4.69, 9.17) is 0 Å². The molecule has 1 aliphatic heterocycles. The van der Waals surface area contributed by atoms with Crippen LogP contribution in [0, 0.1) is 11.3 Å². The van der Waals surface area contributed by atoms with Crippen molar-refractivity contribution in [1.29, 1.82) is 0 Å². The molecule has 1 aliphatic carbocycles. The van der Waals surface area contributed by atoms with Crippen molar-refractivity contribution in [2.24, 2.45) is 11.3 Å². The molecule has 116 valence electrons. The van der Waals surface area contributed by atoms with Crippen molar-refractivity contribution in [3.05, 3.63) is 0 Å². The van der Waals surface area contributed by atoms with Gasteiger partial charge in [-0.2, -0.15) is 0 Å². The molecule has 0 aromatic rings. The SMILES string of the molecule is CCCC1(CO)CCN(C(=O)C2CCC(F)(F)CC2)C1. The summed E-state index contributed by atoms with van der Waals surface area (Å²) in [5, 5.41) is 9.59. The van der Waals surface area contributed by atoms with Gasteiger partial charge in [-0.25, -0.2) is 8.78 Å². The van der Waals surface area contributed by atoms with Crippen molar-refractivity contribution in [2.75, 3.05) is 19.7 Å². The Morgan fingerprint density at radius 2 is 1.95 bits per heavy atom. The molecule has 5 heteroatoms. The largest absolute Gasteiger partial charge is 0.396 e. The highest BCUT2D eigenvalue weighted by atomic mass is 19.3. The molecule has 1 saturated carbocycles. The van der Waals surface area contributed by atoms with Crippen LogP contribution in [0.4, 0.5) is 8.78 Å². The molecule has 2 aliphatic rings. The lowest BCUT2D eigenvalue weighted by molar-refractivity contribution is -0.139. The van der Waals surface area contributed by atoms with Gasteiger partial charge in [0.05, 0.1) is 6.61 Å². The van der Waals surface area contributed by atoms with Crippen LogP contribution in [0.2, 0.25) is 0 Å². The molecule has 0 radical (unpaired) electrons. The first-order valence-electron chi connectivity index (χ1n) is 7.69. The zero-order valence-electron chi connectivity index (χ0n) is 12.2. The molecule has 20 heavy (non-hydrogen) atoms. The Kier molecular flexibility index (Phi) is 4.67. The van der Waals surface area contributed by atoms with E-state index in [9.17, 15) is 18.7 Å². The van der Waals surface area contributed by atoms with Crippen LogP contribution < -0.4 is 0 Å². The first kappa shape index (κ1) is 15.7. The topological polar surface area (TPSA) is 40.5 Å². The summed E-state index contributed by atoms with van der Waals surface area (Å²) in [6, 6.07) is 0. The number of hydrogen-bond acceptors (Lipinski definition) is 2. The zero-order valence-corrected chi connectivity index (χ0v) is 12.2. The summed E-state index contributed by atoms with van der Waals surface area (Å²) in [7, 11) is 0. The lowest BCUT2D eigenvalue weighted by Crippen LogP contribution is -2.40. The van der Waals surface area contributed by atoms with Gasteiger partial charge in [0.15, 0.2) is 0 Å². The average Bonchev–Trinajstić information content (AvgIpc) is 2.83.